The smallest absolute Gasteiger partial charge is 0.261 e. The first kappa shape index (κ1) is 81.6. The van der Waals surface area contributed by atoms with Gasteiger partial charge in [0.2, 0.25) is 0 Å². The molecule has 0 saturated carbocycles. The third-order valence-electron chi connectivity index (χ3n) is 30.3. The Labute approximate surface area is 810 Å². The van der Waals surface area contributed by atoms with Crippen molar-refractivity contribution in [2.45, 2.75) is 57.8 Å². The number of rotatable bonds is 10. The number of ether oxygens (including phenoxy) is 6. The predicted octanol–water partition coefficient (Wildman–Crippen LogP) is 27.4. The molecule has 20 aromatic rings. The molecule has 12 heteroatoms. The molecule has 9 aliphatic rings. The second kappa shape index (κ2) is 31.6. The van der Waals surface area contributed by atoms with Gasteiger partial charge in [0.1, 0.15) is 69.0 Å². The van der Waals surface area contributed by atoms with E-state index in [1.54, 1.807) is 0 Å². The van der Waals surface area contributed by atoms with Crippen LogP contribution in [0.1, 0.15) is 74.9 Å². The highest BCUT2D eigenvalue weighted by atomic mass is 16.5. The Hall–Kier alpha value is -16.9. The number of fused-ring (bicyclic) bond motifs is 23. The van der Waals surface area contributed by atoms with Gasteiger partial charge in [0, 0.05) is 83.8 Å². The molecule has 6 aliphatic heterocycles. The van der Waals surface area contributed by atoms with Gasteiger partial charge in [-0.3, -0.25) is 0 Å². The van der Waals surface area contributed by atoms with Gasteiger partial charge < -0.3 is 43.1 Å². The van der Waals surface area contributed by atoms with Crippen molar-refractivity contribution in [1.29, 1.82) is 0 Å². The van der Waals surface area contributed by atoms with Crippen molar-refractivity contribution in [1.82, 2.24) is 0 Å². The van der Waals surface area contributed by atoms with Crippen LogP contribution in [0, 0.1) is 0 Å². The fourth-order valence-electron chi connectivity index (χ4n) is 23.7. The van der Waals surface area contributed by atoms with E-state index in [-0.39, 0.29) is 36.4 Å². The summed E-state index contributed by atoms with van der Waals surface area (Å²) in [5.41, 5.74) is 37.9. The van der Waals surface area contributed by atoms with Gasteiger partial charge in [-0.25, -0.2) is 0 Å². The van der Waals surface area contributed by atoms with Crippen molar-refractivity contribution in [3.63, 3.8) is 0 Å². The van der Waals surface area contributed by atoms with E-state index in [4.69, 9.17) is 28.4 Å². The van der Waals surface area contributed by atoms with Crippen LogP contribution in [0.2, 0.25) is 0 Å². The molecular formula is C127H90B3N3O6. The number of hydrogen-bond acceptors (Lipinski definition) is 9. The van der Waals surface area contributed by atoms with Crippen molar-refractivity contribution < 1.29 is 28.4 Å². The summed E-state index contributed by atoms with van der Waals surface area (Å²) in [4.78, 5) is 7.02. The van der Waals surface area contributed by atoms with Gasteiger partial charge in [-0.2, -0.15) is 0 Å². The summed E-state index contributed by atoms with van der Waals surface area (Å²) in [6, 6.07) is 156. The van der Waals surface area contributed by atoms with Crippen LogP contribution in [0.3, 0.4) is 0 Å². The van der Waals surface area contributed by atoms with Crippen molar-refractivity contribution in [2.24, 2.45) is 0 Å². The third-order valence-corrected chi connectivity index (χ3v) is 30.3. The van der Waals surface area contributed by atoms with Crippen LogP contribution >= 0.6 is 0 Å². The quantitative estimate of drug-likeness (QED) is 0.125. The molecule has 0 N–H and O–H groups in total. The monoisotopic (exact) mass is 1790 g/mol. The number of para-hydroxylation sites is 7. The minimum Gasteiger partial charge on any atom is -0.458 e. The van der Waals surface area contributed by atoms with E-state index in [9.17, 15) is 0 Å². The van der Waals surface area contributed by atoms with E-state index in [2.05, 4.69) is 469 Å². The van der Waals surface area contributed by atoms with E-state index in [0.29, 0.717) is 0 Å². The first-order valence-corrected chi connectivity index (χ1v) is 48.1. The number of nitrogens with zero attached hydrogens (tertiary/aromatic N) is 3. The Balaban J connectivity index is 0.000000105. The zero-order valence-electron chi connectivity index (χ0n) is 77.6. The van der Waals surface area contributed by atoms with E-state index in [0.717, 1.165) is 142 Å². The topological polar surface area (TPSA) is 65.1 Å². The molecule has 0 atom stereocenters. The summed E-state index contributed by atoms with van der Waals surface area (Å²) in [5, 5.41) is 2.43. The van der Waals surface area contributed by atoms with E-state index in [1.807, 2.05) is 24.3 Å². The molecule has 3 aliphatic carbocycles. The van der Waals surface area contributed by atoms with Gasteiger partial charge in [0.25, 0.3) is 20.1 Å². The van der Waals surface area contributed by atoms with Gasteiger partial charge >= 0.3 is 0 Å². The van der Waals surface area contributed by atoms with Crippen LogP contribution in [0.4, 0.5) is 51.2 Å². The first-order valence-electron chi connectivity index (χ1n) is 48.1. The van der Waals surface area contributed by atoms with E-state index < -0.39 is 0 Å². The number of anilines is 9. The fourth-order valence-corrected chi connectivity index (χ4v) is 23.7. The average Bonchev–Trinajstić information content (AvgIpc) is 1.63. The summed E-state index contributed by atoms with van der Waals surface area (Å²) in [6.45, 7) is 14.2. The molecular weight excluding hydrogens is 1700 g/mol. The molecule has 20 aromatic carbocycles. The van der Waals surface area contributed by atoms with Crippen LogP contribution < -0.4 is 92.3 Å². The second-order valence-corrected chi connectivity index (χ2v) is 39.2. The minimum atomic E-state index is -0.223. The standard InChI is InChI=1S/C45H32BNO2.C43H30BNO2.C39H28BNO2/c1-45(2)36-26-33(47(31-15-8-4-9-16-31)32-17-10-5-11-18-32)22-23-34(36)35-27-43-39(28-37(35)45)46-38-24-21-30(29-13-6-3-7-14-29)25-42(38)48-40-19-12-20-41(49-43)44(40)46;1-43(2)34-24-30(45(28-13-5-3-6-14-28)29-15-7-4-8-16-29)21-22-32(34)33-25-40-36(26-35(33)43)44-41-31-17-10-9-12-27(31)20-23-39(41)46-37-18-11-19-38(47-40)42(37)44;1-39(2)30-22-27(41(25-12-5-3-6-13-25)26-14-7-4-8-15-26)20-21-28(30)29-23-37-33(24-31(29)39)40-32-16-9-10-17-34(32)42-35-18-11-19-36(43-37)38(35)40/h3-28H,1-2H3;3-26H,1-2H3;3-24H,1-2H3. The highest BCUT2D eigenvalue weighted by Crippen LogP contribution is 2.57. The van der Waals surface area contributed by atoms with Crippen molar-refractivity contribution >= 4 is 131 Å². The zero-order valence-corrected chi connectivity index (χ0v) is 77.6. The van der Waals surface area contributed by atoms with Gasteiger partial charge in [-0.05, 0) is 303 Å². The third kappa shape index (κ3) is 12.9. The molecule has 0 saturated heterocycles. The summed E-state index contributed by atoms with van der Waals surface area (Å²) < 4.78 is 39.6. The fraction of sp³-hybridized carbons (Fsp3) is 0.0709. The average molecular weight is 1790 g/mol. The van der Waals surface area contributed by atoms with Crippen LogP contribution in [0.15, 0.2) is 437 Å². The second-order valence-electron chi connectivity index (χ2n) is 39.2. The predicted molar refractivity (Wildman–Crippen MR) is 572 cm³/mol. The maximum Gasteiger partial charge on any atom is 0.261 e. The summed E-state index contributed by atoms with van der Waals surface area (Å²) in [5.74, 6) is 10.7. The first-order chi connectivity index (χ1) is 68.2. The maximum atomic E-state index is 6.75. The van der Waals surface area contributed by atoms with Crippen LogP contribution in [0.25, 0.3) is 55.3 Å². The minimum absolute atomic E-state index is 0.00632. The van der Waals surface area contributed by atoms with Crippen molar-refractivity contribution in [3.05, 3.63) is 470 Å². The Kier molecular flexibility index (Phi) is 18.5. The van der Waals surface area contributed by atoms with Gasteiger partial charge in [0.05, 0.1) is 0 Å². The van der Waals surface area contributed by atoms with Crippen LogP contribution in [0.5, 0.6) is 69.0 Å². The molecule has 658 valence electrons. The lowest BCUT2D eigenvalue weighted by molar-refractivity contribution is 0.464. The Bertz CT molecular complexity index is 8330. The molecule has 0 fully saturated rings. The van der Waals surface area contributed by atoms with Crippen molar-refractivity contribution in [2.75, 3.05) is 14.7 Å². The molecule has 0 spiro atoms. The molecule has 0 bridgehead atoms. The summed E-state index contributed by atoms with van der Waals surface area (Å²) in [6.07, 6.45) is 0. The molecule has 139 heavy (non-hydrogen) atoms. The molecule has 9 nitrogen and oxygen atoms in total. The molecule has 6 heterocycles. The van der Waals surface area contributed by atoms with Gasteiger partial charge in [-0.15, -0.1) is 0 Å². The maximum absolute atomic E-state index is 6.75. The highest BCUT2D eigenvalue weighted by Gasteiger charge is 2.49. The number of hydrogen-bond donors (Lipinski definition) is 0. The molecule has 0 aromatic heterocycles. The van der Waals surface area contributed by atoms with E-state index in [1.165, 1.54) is 116 Å². The zero-order chi connectivity index (χ0) is 92.7. The van der Waals surface area contributed by atoms with Gasteiger partial charge in [-0.1, -0.05) is 296 Å². The normalized spacial score (nSPS) is 14.2. The lowest BCUT2D eigenvalue weighted by Crippen LogP contribution is -2.57. The SMILES string of the molecule is CC1(C)c2cc(N(c3ccccc3)c3ccccc3)ccc2-c2cc3c(cc21)B1c2c(cccc2Oc2ccc4ccccc4c21)O3.CC1(C)c2cc(N(c3ccccc3)c3ccccc3)ccc2-c2cc3c(cc21)B1c2ccc(-c4ccccc4)cc2Oc2cccc(c21)O3.CC1(C)c2cc(N(c3ccccc3)c3ccccc3)ccc2-c2cc3c(cc21)B1c2ccccc2Oc2cccc(c21)O3. The Morgan fingerprint density at radius 2 is 0.460 bits per heavy atom. The van der Waals surface area contributed by atoms with Crippen LogP contribution in [-0.4, -0.2) is 20.1 Å². The molecule has 0 amide bonds. The Morgan fingerprint density at radius 1 is 0.173 bits per heavy atom. The molecule has 0 unspecified atom stereocenters. The summed E-state index contributed by atoms with van der Waals surface area (Å²) in [7, 11) is 0. The van der Waals surface area contributed by atoms with Crippen LogP contribution in [-0.2, 0) is 16.2 Å². The van der Waals surface area contributed by atoms with Gasteiger partial charge in [0.15, 0.2) is 0 Å². The summed E-state index contributed by atoms with van der Waals surface area (Å²) >= 11 is 0. The highest BCUT2D eigenvalue weighted by molar-refractivity contribution is 7.00. The molecule has 0 radical (unpaired) electrons. The lowest BCUT2D eigenvalue weighted by atomic mass is 9.34. The Morgan fingerprint density at radius 3 is 0.849 bits per heavy atom. The van der Waals surface area contributed by atoms with Crippen molar-refractivity contribution in [3.8, 4) is 114 Å². The van der Waals surface area contributed by atoms with E-state index >= 15 is 0 Å². The molecule has 29 rings (SSSR count). The number of benzene rings is 20. The largest absolute Gasteiger partial charge is 0.458 e. The lowest BCUT2D eigenvalue weighted by Gasteiger charge is -2.34.